The van der Waals surface area contributed by atoms with E-state index in [9.17, 15) is 0 Å². The van der Waals surface area contributed by atoms with Crippen molar-refractivity contribution >= 4 is 10.8 Å². The molecule has 1 nitrogen and oxygen atoms in total. The smallest absolute Gasteiger partial charge is 0.000263 e. The minimum absolute atomic E-state index is 0.353. The maximum Gasteiger partial charge on any atom is 0.000263 e. The fraction of sp³-hybridized carbons (Fsp3) is 0.474. The molecule has 0 aliphatic heterocycles. The lowest BCUT2D eigenvalue weighted by molar-refractivity contribution is 0.315. The minimum atomic E-state index is 0.353. The largest absolute Gasteiger partial charge is 0.316 e. The highest BCUT2D eigenvalue weighted by molar-refractivity contribution is 5.85. The molecule has 0 amide bonds. The fourth-order valence-corrected chi connectivity index (χ4v) is 2.68. The molecule has 0 aromatic heterocycles. The van der Waals surface area contributed by atoms with Crippen LogP contribution in [0, 0.1) is 5.41 Å². The molecule has 0 aliphatic carbocycles. The topological polar surface area (TPSA) is 12.0 Å². The number of aryl methyl sites for hydroxylation is 1. The van der Waals surface area contributed by atoms with Crippen molar-refractivity contribution in [3.63, 3.8) is 0 Å². The van der Waals surface area contributed by atoms with Gasteiger partial charge in [-0.3, -0.25) is 0 Å². The fourth-order valence-electron chi connectivity index (χ4n) is 2.68. The van der Waals surface area contributed by atoms with Crippen molar-refractivity contribution in [2.45, 2.75) is 40.0 Å². The molecule has 0 saturated carbocycles. The van der Waals surface area contributed by atoms with Crippen molar-refractivity contribution in [2.75, 3.05) is 13.1 Å². The van der Waals surface area contributed by atoms with Gasteiger partial charge in [0.15, 0.2) is 0 Å². The van der Waals surface area contributed by atoms with Crippen LogP contribution in [-0.4, -0.2) is 13.1 Å². The molecule has 2 aromatic carbocycles. The van der Waals surface area contributed by atoms with Crippen molar-refractivity contribution in [3.05, 3.63) is 48.0 Å². The van der Waals surface area contributed by atoms with Gasteiger partial charge in [0.2, 0.25) is 0 Å². The summed E-state index contributed by atoms with van der Waals surface area (Å²) in [6.07, 6.45) is 3.58. The second-order valence-electron chi connectivity index (χ2n) is 6.48. The summed E-state index contributed by atoms with van der Waals surface area (Å²) in [7, 11) is 0. The predicted molar refractivity (Wildman–Crippen MR) is 89.2 cm³/mol. The van der Waals surface area contributed by atoms with Crippen LogP contribution in [0.1, 0.15) is 39.2 Å². The summed E-state index contributed by atoms with van der Waals surface area (Å²) < 4.78 is 0. The highest BCUT2D eigenvalue weighted by atomic mass is 14.9. The van der Waals surface area contributed by atoms with Crippen molar-refractivity contribution in [2.24, 2.45) is 5.41 Å². The molecule has 1 heteroatoms. The molecular weight excluding hydrogens is 242 g/mol. The predicted octanol–water partition coefficient (Wildman–Crippen LogP) is 4.80. The van der Waals surface area contributed by atoms with Gasteiger partial charge in [0, 0.05) is 6.54 Å². The van der Waals surface area contributed by atoms with Gasteiger partial charge in [-0.2, -0.15) is 0 Å². The van der Waals surface area contributed by atoms with Crippen LogP contribution in [-0.2, 0) is 6.42 Å². The van der Waals surface area contributed by atoms with Gasteiger partial charge < -0.3 is 5.32 Å². The molecule has 0 bridgehead atoms. The van der Waals surface area contributed by atoms with Crippen LogP contribution < -0.4 is 5.32 Å². The van der Waals surface area contributed by atoms with Crippen LogP contribution in [0.25, 0.3) is 10.8 Å². The second-order valence-corrected chi connectivity index (χ2v) is 6.48. The number of hydrogen-bond acceptors (Lipinski definition) is 1. The lowest BCUT2D eigenvalue weighted by atomic mass is 9.85. The SMILES string of the molecule is CCCNCC(C)(C)CCc1cccc2ccccc12. The molecule has 0 spiro atoms. The average Bonchev–Trinajstić information content (AvgIpc) is 2.45. The van der Waals surface area contributed by atoms with Crippen molar-refractivity contribution in [1.82, 2.24) is 5.32 Å². The van der Waals surface area contributed by atoms with Crippen LogP contribution >= 0.6 is 0 Å². The van der Waals surface area contributed by atoms with E-state index in [-0.39, 0.29) is 0 Å². The highest BCUT2D eigenvalue weighted by Gasteiger charge is 2.17. The van der Waals surface area contributed by atoms with Gasteiger partial charge in [-0.1, -0.05) is 63.2 Å². The highest BCUT2D eigenvalue weighted by Crippen LogP contribution is 2.25. The molecule has 0 saturated heterocycles. The van der Waals surface area contributed by atoms with Gasteiger partial charge in [0.25, 0.3) is 0 Å². The van der Waals surface area contributed by atoms with Gasteiger partial charge in [-0.15, -0.1) is 0 Å². The van der Waals surface area contributed by atoms with E-state index in [0.29, 0.717) is 5.41 Å². The molecule has 2 rings (SSSR count). The lowest BCUT2D eigenvalue weighted by Gasteiger charge is -2.25. The van der Waals surface area contributed by atoms with Gasteiger partial charge in [0.1, 0.15) is 0 Å². The molecular formula is C19H27N. The molecule has 0 fully saturated rings. The Hall–Kier alpha value is -1.34. The van der Waals surface area contributed by atoms with Crippen LogP contribution in [0.15, 0.2) is 42.5 Å². The molecule has 0 atom stereocenters. The zero-order chi connectivity index (χ0) is 14.4. The summed E-state index contributed by atoms with van der Waals surface area (Å²) in [5.41, 5.74) is 1.83. The Morgan fingerprint density at radius 2 is 1.75 bits per heavy atom. The van der Waals surface area contributed by atoms with Gasteiger partial charge in [0.05, 0.1) is 0 Å². The summed E-state index contributed by atoms with van der Waals surface area (Å²) in [4.78, 5) is 0. The van der Waals surface area contributed by atoms with E-state index in [1.165, 1.54) is 29.2 Å². The number of fused-ring (bicyclic) bond motifs is 1. The van der Waals surface area contributed by atoms with Crippen LogP contribution in [0.2, 0.25) is 0 Å². The molecule has 108 valence electrons. The van der Waals surface area contributed by atoms with Crippen LogP contribution in [0.4, 0.5) is 0 Å². The Bertz CT molecular complexity index is 537. The molecule has 0 radical (unpaired) electrons. The van der Waals surface area contributed by atoms with E-state index in [1.807, 2.05) is 0 Å². The summed E-state index contributed by atoms with van der Waals surface area (Å²) >= 11 is 0. The van der Waals surface area contributed by atoms with E-state index in [4.69, 9.17) is 0 Å². The maximum absolute atomic E-state index is 3.55. The Labute approximate surface area is 123 Å². The Morgan fingerprint density at radius 3 is 2.55 bits per heavy atom. The second kappa shape index (κ2) is 6.90. The van der Waals surface area contributed by atoms with Gasteiger partial charge in [-0.25, -0.2) is 0 Å². The quantitative estimate of drug-likeness (QED) is 0.712. The first-order valence-corrected chi connectivity index (χ1v) is 7.80. The van der Waals surface area contributed by atoms with E-state index in [0.717, 1.165) is 19.5 Å². The number of hydrogen-bond donors (Lipinski definition) is 1. The van der Waals surface area contributed by atoms with Crippen molar-refractivity contribution in [3.8, 4) is 0 Å². The molecule has 0 unspecified atom stereocenters. The normalized spacial score (nSPS) is 11.9. The summed E-state index contributed by atoms with van der Waals surface area (Å²) in [6, 6.07) is 15.4. The third kappa shape index (κ3) is 4.08. The first-order chi connectivity index (χ1) is 9.62. The van der Waals surface area contributed by atoms with Crippen molar-refractivity contribution < 1.29 is 0 Å². The molecule has 20 heavy (non-hydrogen) atoms. The first kappa shape index (κ1) is 15.1. The Kier molecular flexibility index (Phi) is 5.19. The summed E-state index contributed by atoms with van der Waals surface area (Å²) in [5.74, 6) is 0. The van der Waals surface area contributed by atoms with Crippen LogP contribution in [0.3, 0.4) is 0 Å². The molecule has 1 N–H and O–H groups in total. The monoisotopic (exact) mass is 269 g/mol. The van der Waals surface area contributed by atoms with Crippen LogP contribution in [0.5, 0.6) is 0 Å². The van der Waals surface area contributed by atoms with Crippen molar-refractivity contribution in [1.29, 1.82) is 0 Å². The summed E-state index contributed by atoms with van der Waals surface area (Å²) in [5, 5.41) is 6.31. The average molecular weight is 269 g/mol. The molecule has 0 aliphatic rings. The lowest BCUT2D eigenvalue weighted by Crippen LogP contribution is -2.30. The van der Waals surface area contributed by atoms with E-state index in [2.05, 4.69) is 68.6 Å². The standard InChI is InChI=1S/C19H27N/c1-4-14-20-15-19(2,3)13-12-17-10-7-9-16-8-5-6-11-18(16)17/h5-11,20H,4,12-15H2,1-3H3. The van der Waals surface area contributed by atoms with E-state index < -0.39 is 0 Å². The Morgan fingerprint density at radius 1 is 1.00 bits per heavy atom. The third-order valence-electron chi connectivity index (χ3n) is 3.98. The zero-order valence-electron chi connectivity index (χ0n) is 13.1. The molecule has 0 heterocycles. The number of benzene rings is 2. The van der Waals surface area contributed by atoms with Gasteiger partial charge >= 0.3 is 0 Å². The van der Waals surface area contributed by atoms with E-state index >= 15 is 0 Å². The maximum atomic E-state index is 3.55. The number of nitrogens with one attached hydrogen (secondary N) is 1. The molecule has 2 aromatic rings. The minimum Gasteiger partial charge on any atom is -0.316 e. The number of rotatable bonds is 7. The summed E-state index contributed by atoms with van der Waals surface area (Å²) in [6.45, 7) is 9.17. The van der Waals surface area contributed by atoms with Gasteiger partial charge in [-0.05, 0) is 47.6 Å². The first-order valence-electron chi connectivity index (χ1n) is 7.80. The Balaban J connectivity index is 2.02. The third-order valence-corrected chi connectivity index (χ3v) is 3.98. The van der Waals surface area contributed by atoms with E-state index in [1.54, 1.807) is 0 Å². The zero-order valence-corrected chi connectivity index (χ0v) is 13.1.